The molecule has 0 aliphatic carbocycles. The number of carbonyl (C=O) groups excluding carboxylic acids is 1. The van der Waals surface area contributed by atoms with E-state index in [1.807, 2.05) is 0 Å². The molecule has 0 saturated carbocycles. The number of fused-ring (bicyclic) bond motifs is 1. The van der Waals surface area contributed by atoms with E-state index in [1.54, 1.807) is 19.1 Å². The van der Waals surface area contributed by atoms with Crippen molar-refractivity contribution in [3.8, 4) is 23.0 Å². The smallest absolute Gasteiger partial charge is 0.232 e. The van der Waals surface area contributed by atoms with Gasteiger partial charge in [-0.25, -0.2) is 0 Å². The molecule has 21 heavy (non-hydrogen) atoms. The van der Waals surface area contributed by atoms with E-state index in [0.717, 1.165) is 0 Å². The summed E-state index contributed by atoms with van der Waals surface area (Å²) in [4.78, 5) is 12.3. The van der Waals surface area contributed by atoms with Crippen molar-refractivity contribution in [3.05, 3.63) is 53.3 Å². The molecule has 0 spiro atoms. The minimum Gasteiger partial charge on any atom is -0.508 e. The van der Waals surface area contributed by atoms with E-state index in [2.05, 4.69) is 0 Å². The molecule has 5 nitrogen and oxygen atoms in total. The van der Waals surface area contributed by atoms with Crippen LogP contribution in [0.4, 0.5) is 0 Å². The number of phenols is 3. The molecule has 3 N–H and O–H groups in total. The summed E-state index contributed by atoms with van der Waals surface area (Å²) in [6.07, 6.45) is 0. The summed E-state index contributed by atoms with van der Waals surface area (Å²) in [6.45, 7) is 1.71. The Morgan fingerprint density at radius 1 is 1.00 bits per heavy atom. The topological polar surface area (TPSA) is 87.0 Å². The number of carbonyl (C=O) groups is 1. The van der Waals surface area contributed by atoms with Crippen LogP contribution in [0.2, 0.25) is 0 Å². The molecule has 2 aromatic rings. The number of ether oxygens (including phenoxy) is 1. The number of aromatic hydroxyl groups is 3. The zero-order valence-electron chi connectivity index (χ0n) is 11.1. The predicted octanol–water partition coefficient (Wildman–Crippen LogP) is 2.81. The Balaban J connectivity index is 2.10. The second-order valence-electron chi connectivity index (χ2n) is 4.74. The predicted molar refractivity (Wildman–Crippen MR) is 75.4 cm³/mol. The molecule has 1 aliphatic rings. The molecule has 2 aromatic carbocycles. The van der Waals surface area contributed by atoms with Crippen molar-refractivity contribution < 1.29 is 24.9 Å². The fourth-order valence-electron chi connectivity index (χ4n) is 2.20. The average molecular weight is 284 g/mol. The van der Waals surface area contributed by atoms with Gasteiger partial charge in [0.05, 0.1) is 5.56 Å². The highest BCUT2D eigenvalue weighted by Gasteiger charge is 2.32. The molecule has 3 rings (SSSR count). The van der Waals surface area contributed by atoms with Crippen molar-refractivity contribution in [2.24, 2.45) is 0 Å². The van der Waals surface area contributed by atoms with Crippen molar-refractivity contribution in [2.45, 2.75) is 6.92 Å². The third-order valence-corrected chi connectivity index (χ3v) is 3.41. The molecule has 0 aromatic heterocycles. The maximum atomic E-state index is 12.3. The molecule has 0 bridgehead atoms. The summed E-state index contributed by atoms with van der Waals surface area (Å²) in [7, 11) is 0. The lowest BCUT2D eigenvalue weighted by molar-refractivity contribution is 0.101. The SMILES string of the molecule is CC(=C1Oc2c(ccc(O)c2O)C1=O)c1ccc(O)cc1. The van der Waals surface area contributed by atoms with Gasteiger partial charge in [-0.2, -0.15) is 0 Å². The van der Waals surface area contributed by atoms with Crippen LogP contribution in [-0.4, -0.2) is 21.1 Å². The summed E-state index contributed by atoms with van der Waals surface area (Å²) in [5.41, 5.74) is 1.50. The van der Waals surface area contributed by atoms with E-state index in [0.29, 0.717) is 11.1 Å². The van der Waals surface area contributed by atoms with Gasteiger partial charge in [0, 0.05) is 5.57 Å². The Morgan fingerprint density at radius 3 is 2.33 bits per heavy atom. The van der Waals surface area contributed by atoms with E-state index in [1.165, 1.54) is 24.3 Å². The Bertz CT molecular complexity index is 772. The van der Waals surface area contributed by atoms with Gasteiger partial charge in [-0.15, -0.1) is 0 Å². The normalized spacial score (nSPS) is 15.6. The Hall–Kier alpha value is -2.95. The molecule has 0 radical (unpaired) electrons. The molecule has 1 aliphatic heterocycles. The molecule has 0 atom stereocenters. The molecular formula is C16H12O5. The summed E-state index contributed by atoms with van der Waals surface area (Å²) in [5, 5.41) is 28.5. The van der Waals surface area contributed by atoms with Gasteiger partial charge in [0.2, 0.25) is 11.5 Å². The van der Waals surface area contributed by atoms with E-state index in [9.17, 15) is 20.1 Å². The molecule has 1 heterocycles. The number of Topliss-reactive ketones (excluding diaryl/α,β-unsaturated/α-hetero) is 1. The second-order valence-corrected chi connectivity index (χ2v) is 4.74. The number of allylic oxidation sites excluding steroid dienone is 2. The lowest BCUT2D eigenvalue weighted by Gasteiger charge is -2.06. The van der Waals surface area contributed by atoms with E-state index in [4.69, 9.17) is 4.74 Å². The fraction of sp³-hybridized carbons (Fsp3) is 0.0625. The van der Waals surface area contributed by atoms with Gasteiger partial charge >= 0.3 is 0 Å². The van der Waals surface area contributed by atoms with Gasteiger partial charge in [-0.05, 0) is 36.8 Å². The van der Waals surface area contributed by atoms with Crippen LogP contribution in [0.15, 0.2) is 42.2 Å². The first-order chi connectivity index (χ1) is 9.99. The van der Waals surface area contributed by atoms with Gasteiger partial charge in [-0.3, -0.25) is 4.79 Å². The van der Waals surface area contributed by atoms with Crippen LogP contribution in [-0.2, 0) is 0 Å². The maximum absolute atomic E-state index is 12.3. The van der Waals surface area contributed by atoms with Crippen LogP contribution in [0.1, 0.15) is 22.8 Å². The van der Waals surface area contributed by atoms with Crippen molar-refractivity contribution in [1.29, 1.82) is 0 Å². The second kappa shape index (κ2) is 4.56. The first kappa shape index (κ1) is 13.1. The van der Waals surface area contributed by atoms with E-state index in [-0.39, 0.29) is 34.4 Å². The van der Waals surface area contributed by atoms with Crippen LogP contribution >= 0.6 is 0 Å². The van der Waals surface area contributed by atoms with Crippen LogP contribution in [0.25, 0.3) is 5.57 Å². The number of phenolic OH excluding ortho intramolecular Hbond substituents is 3. The maximum Gasteiger partial charge on any atom is 0.232 e. The minimum atomic E-state index is -0.450. The molecular weight excluding hydrogens is 272 g/mol. The monoisotopic (exact) mass is 284 g/mol. The molecule has 0 saturated heterocycles. The Kier molecular flexibility index (Phi) is 2.83. The highest BCUT2D eigenvalue weighted by molar-refractivity contribution is 6.16. The third-order valence-electron chi connectivity index (χ3n) is 3.41. The first-order valence-electron chi connectivity index (χ1n) is 6.27. The number of hydrogen-bond donors (Lipinski definition) is 3. The Labute approximate surface area is 120 Å². The standard InChI is InChI=1S/C16H12O5/c1-8(9-2-4-10(17)5-3-9)15-13(19)11-6-7-12(18)14(20)16(11)21-15/h2-7,17-18,20H,1H3. The number of hydrogen-bond acceptors (Lipinski definition) is 5. The van der Waals surface area contributed by atoms with Crippen molar-refractivity contribution in [1.82, 2.24) is 0 Å². The lowest BCUT2D eigenvalue weighted by Crippen LogP contribution is -2.01. The summed E-state index contributed by atoms with van der Waals surface area (Å²) in [6, 6.07) is 8.99. The zero-order valence-corrected chi connectivity index (χ0v) is 11.1. The highest BCUT2D eigenvalue weighted by atomic mass is 16.5. The van der Waals surface area contributed by atoms with Crippen molar-refractivity contribution in [2.75, 3.05) is 0 Å². The molecule has 0 unspecified atom stereocenters. The molecule has 5 heteroatoms. The van der Waals surface area contributed by atoms with Crippen molar-refractivity contribution in [3.63, 3.8) is 0 Å². The fourth-order valence-corrected chi connectivity index (χ4v) is 2.20. The first-order valence-corrected chi connectivity index (χ1v) is 6.27. The largest absolute Gasteiger partial charge is 0.508 e. The summed E-state index contributed by atoms with van der Waals surface area (Å²) >= 11 is 0. The average Bonchev–Trinajstić information content (AvgIpc) is 2.81. The summed E-state index contributed by atoms with van der Waals surface area (Å²) < 4.78 is 5.43. The van der Waals surface area contributed by atoms with Crippen LogP contribution in [0, 0.1) is 0 Å². The summed E-state index contributed by atoms with van der Waals surface area (Å²) in [5.74, 6) is -0.962. The molecule has 106 valence electrons. The number of rotatable bonds is 1. The minimum absolute atomic E-state index is 0.0341. The van der Waals surface area contributed by atoms with E-state index >= 15 is 0 Å². The molecule has 0 amide bonds. The lowest BCUT2D eigenvalue weighted by atomic mass is 10.0. The highest BCUT2D eigenvalue weighted by Crippen LogP contribution is 2.45. The third kappa shape index (κ3) is 1.99. The van der Waals surface area contributed by atoms with Gasteiger partial charge in [0.25, 0.3) is 0 Å². The quantitative estimate of drug-likeness (QED) is 0.553. The Morgan fingerprint density at radius 2 is 1.67 bits per heavy atom. The number of ketones is 1. The van der Waals surface area contributed by atoms with Crippen LogP contribution in [0.5, 0.6) is 23.0 Å². The van der Waals surface area contributed by atoms with Crippen molar-refractivity contribution >= 4 is 11.4 Å². The zero-order chi connectivity index (χ0) is 15.1. The van der Waals surface area contributed by atoms with Gasteiger partial charge < -0.3 is 20.1 Å². The van der Waals surface area contributed by atoms with Gasteiger partial charge in [-0.1, -0.05) is 12.1 Å². The van der Waals surface area contributed by atoms with Crippen LogP contribution in [0.3, 0.4) is 0 Å². The molecule has 0 fully saturated rings. The van der Waals surface area contributed by atoms with Crippen LogP contribution < -0.4 is 4.74 Å². The number of benzene rings is 2. The van der Waals surface area contributed by atoms with Gasteiger partial charge in [0.15, 0.2) is 17.3 Å². The van der Waals surface area contributed by atoms with Gasteiger partial charge in [0.1, 0.15) is 5.75 Å². The van der Waals surface area contributed by atoms with E-state index < -0.39 is 5.75 Å².